The predicted octanol–water partition coefficient (Wildman–Crippen LogP) is 8.01. The van der Waals surface area contributed by atoms with Gasteiger partial charge in [-0.1, -0.05) is 48.5 Å². The Bertz CT molecular complexity index is 1640. The summed E-state index contributed by atoms with van der Waals surface area (Å²) in [6, 6.07) is 24.2. The van der Waals surface area contributed by atoms with Crippen molar-refractivity contribution < 1.29 is 18.7 Å². The molecule has 0 atom stereocenters. The predicted molar refractivity (Wildman–Crippen MR) is 150 cm³/mol. The first-order valence-electron chi connectivity index (χ1n) is 12.3. The molecule has 0 saturated carbocycles. The number of benzene rings is 4. The molecule has 0 bridgehead atoms. The van der Waals surface area contributed by atoms with E-state index in [0.717, 1.165) is 44.2 Å². The van der Waals surface area contributed by atoms with Gasteiger partial charge in [-0.05, 0) is 66.4 Å². The Morgan fingerprint density at radius 1 is 0.946 bits per heavy atom. The molecule has 5 rings (SSSR count). The van der Waals surface area contributed by atoms with Gasteiger partial charge >= 0.3 is 0 Å². The van der Waals surface area contributed by atoms with E-state index in [1.807, 2.05) is 63.2 Å². The number of allylic oxidation sites excluding steroid dienone is 1. The van der Waals surface area contributed by atoms with Gasteiger partial charge in [-0.3, -0.25) is 4.79 Å². The first kappa shape index (κ1) is 24.2. The van der Waals surface area contributed by atoms with Gasteiger partial charge < -0.3 is 19.2 Å². The summed E-state index contributed by atoms with van der Waals surface area (Å²) in [5.74, 6) is 1.04. The molecule has 0 fully saturated rings. The maximum absolute atomic E-state index is 13.0. The van der Waals surface area contributed by atoms with E-state index in [2.05, 4.69) is 35.6 Å². The third kappa shape index (κ3) is 4.81. The van der Waals surface area contributed by atoms with Crippen molar-refractivity contribution in [1.29, 1.82) is 0 Å². The molecule has 0 saturated heterocycles. The first-order valence-corrected chi connectivity index (χ1v) is 12.3. The van der Waals surface area contributed by atoms with E-state index in [-0.39, 0.29) is 5.91 Å². The fourth-order valence-electron chi connectivity index (χ4n) is 4.67. The van der Waals surface area contributed by atoms with Crippen LogP contribution in [0.25, 0.3) is 38.4 Å². The third-order valence-electron chi connectivity index (χ3n) is 6.44. The Labute approximate surface area is 216 Å². The number of fused-ring (bicyclic) bond motifs is 2. The fraction of sp³-hybridized carbons (Fsp3) is 0.156. The average molecular weight is 492 g/mol. The highest BCUT2D eigenvalue weighted by atomic mass is 16.5. The second-order valence-corrected chi connectivity index (χ2v) is 8.97. The summed E-state index contributed by atoms with van der Waals surface area (Å²) in [5.41, 5.74) is 6.10. The second-order valence-electron chi connectivity index (χ2n) is 8.97. The summed E-state index contributed by atoms with van der Waals surface area (Å²) in [6.45, 7) is 6.31. The number of nitrogens with one attached hydrogen (secondary N) is 1. The average Bonchev–Trinajstić information content (AvgIpc) is 3.30. The van der Waals surface area contributed by atoms with E-state index >= 15 is 0 Å². The number of ether oxygens (including phenoxy) is 2. The highest BCUT2D eigenvalue weighted by Crippen LogP contribution is 2.39. The van der Waals surface area contributed by atoms with Gasteiger partial charge in [0, 0.05) is 28.7 Å². The van der Waals surface area contributed by atoms with Crippen molar-refractivity contribution in [2.45, 2.75) is 20.8 Å². The molecule has 1 heterocycles. The van der Waals surface area contributed by atoms with Crippen LogP contribution in [0, 0.1) is 6.92 Å². The van der Waals surface area contributed by atoms with E-state index in [9.17, 15) is 4.79 Å². The zero-order chi connectivity index (χ0) is 25.9. The molecule has 1 amide bonds. The number of carbonyl (C=O) groups excluding carboxylic acids is 1. The molecule has 1 aromatic heterocycles. The number of hydrogen-bond acceptors (Lipinski definition) is 4. The van der Waals surface area contributed by atoms with Crippen molar-refractivity contribution in [1.82, 2.24) is 0 Å². The number of rotatable bonds is 7. The largest absolute Gasteiger partial charge is 0.495 e. The van der Waals surface area contributed by atoms with Crippen LogP contribution in [0.15, 0.2) is 89.6 Å². The maximum atomic E-state index is 13.0. The normalized spacial score (nSPS) is 11.6. The topological polar surface area (TPSA) is 60.7 Å². The fourth-order valence-corrected chi connectivity index (χ4v) is 4.67. The van der Waals surface area contributed by atoms with E-state index in [4.69, 9.17) is 13.9 Å². The van der Waals surface area contributed by atoms with Crippen LogP contribution in [0.4, 0.5) is 5.69 Å². The molecular formula is C32H29NO4. The van der Waals surface area contributed by atoms with Gasteiger partial charge in [0.2, 0.25) is 5.91 Å². The highest BCUT2D eigenvalue weighted by Gasteiger charge is 2.17. The number of amides is 1. The van der Waals surface area contributed by atoms with Crippen LogP contribution in [-0.4, -0.2) is 19.6 Å². The monoisotopic (exact) mass is 491 g/mol. The smallest absolute Gasteiger partial charge is 0.248 e. The number of carbonyl (C=O) groups is 1. The molecule has 1 N–H and O–H groups in total. The molecule has 5 nitrogen and oxygen atoms in total. The maximum Gasteiger partial charge on any atom is 0.248 e. The van der Waals surface area contributed by atoms with E-state index in [1.165, 1.54) is 5.39 Å². The molecule has 0 aliphatic heterocycles. The summed E-state index contributed by atoms with van der Waals surface area (Å²) in [7, 11) is 1.59. The van der Waals surface area contributed by atoms with Crippen molar-refractivity contribution in [3.8, 4) is 22.6 Å². The molecule has 5 aromatic rings. The lowest BCUT2D eigenvalue weighted by molar-refractivity contribution is -0.111. The van der Waals surface area contributed by atoms with Gasteiger partial charge in [0.25, 0.3) is 0 Å². The SMILES string of the molecule is CCOc1cc2occ(-c3cccc4ccccc34)c2cc1/C(C)=C/C(=O)Nc1cc(C)ccc1OC. The summed E-state index contributed by atoms with van der Waals surface area (Å²) in [6.07, 6.45) is 3.38. The zero-order valence-corrected chi connectivity index (χ0v) is 21.4. The van der Waals surface area contributed by atoms with Crippen LogP contribution < -0.4 is 14.8 Å². The van der Waals surface area contributed by atoms with Crippen LogP contribution >= 0.6 is 0 Å². The van der Waals surface area contributed by atoms with Crippen molar-refractivity contribution in [3.05, 3.63) is 96.3 Å². The number of methoxy groups -OCH3 is 1. The molecule has 0 aliphatic rings. The number of hydrogen-bond donors (Lipinski definition) is 1. The number of anilines is 1. The van der Waals surface area contributed by atoms with Gasteiger partial charge in [0.05, 0.1) is 25.7 Å². The molecule has 0 spiro atoms. The second kappa shape index (κ2) is 10.2. The summed E-state index contributed by atoms with van der Waals surface area (Å²) >= 11 is 0. The van der Waals surface area contributed by atoms with Crippen LogP contribution in [0.3, 0.4) is 0 Å². The van der Waals surface area contributed by atoms with Gasteiger partial charge in [-0.15, -0.1) is 0 Å². The molecule has 0 radical (unpaired) electrons. The summed E-state index contributed by atoms with van der Waals surface area (Å²) in [5, 5.41) is 6.23. The Balaban J connectivity index is 1.57. The van der Waals surface area contributed by atoms with Crippen LogP contribution in [-0.2, 0) is 4.79 Å². The van der Waals surface area contributed by atoms with Crippen molar-refractivity contribution in [2.75, 3.05) is 19.0 Å². The minimum absolute atomic E-state index is 0.245. The Kier molecular flexibility index (Phi) is 6.69. The van der Waals surface area contributed by atoms with E-state index in [1.54, 1.807) is 19.4 Å². The highest BCUT2D eigenvalue weighted by molar-refractivity contribution is 6.07. The lowest BCUT2D eigenvalue weighted by Crippen LogP contribution is -2.10. The van der Waals surface area contributed by atoms with Crippen LogP contribution in [0.2, 0.25) is 0 Å². The molecule has 186 valence electrons. The Morgan fingerprint density at radius 3 is 2.57 bits per heavy atom. The molecule has 0 unspecified atom stereocenters. The van der Waals surface area contributed by atoms with Gasteiger partial charge in [0.1, 0.15) is 17.1 Å². The number of aryl methyl sites for hydroxylation is 1. The lowest BCUT2D eigenvalue weighted by Gasteiger charge is -2.13. The third-order valence-corrected chi connectivity index (χ3v) is 6.44. The van der Waals surface area contributed by atoms with Crippen LogP contribution in [0.1, 0.15) is 25.0 Å². The minimum Gasteiger partial charge on any atom is -0.495 e. The lowest BCUT2D eigenvalue weighted by atomic mass is 9.96. The molecule has 5 heteroatoms. The van der Waals surface area contributed by atoms with Crippen molar-refractivity contribution >= 4 is 38.9 Å². The molecule has 37 heavy (non-hydrogen) atoms. The summed E-state index contributed by atoms with van der Waals surface area (Å²) < 4.78 is 17.3. The Hall–Kier alpha value is -4.51. The quantitative estimate of drug-likeness (QED) is 0.234. The molecular weight excluding hydrogens is 462 g/mol. The van der Waals surface area contributed by atoms with Crippen LogP contribution in [0.5, 0.6) is 11.5 Å². The van der Waals surface area contributed by atoms with Crippen molar-refractivity contribution in [2.24, 2.45) is 0 Å². The number of furan rings is 1. The first-order chi connectivity index (χ1) is 18.0. The van der Waals surface area contributed by atoms with Gasteiger partial charge in [-0.25, -0.2) is 0 Å². The zero-order valence-electron chi connectivity index (χ0n) is 21.4. The summed E-state index contributed by atoms with van der Waals surface area (Å²) in [4.78, 5) is 13.0. The van der Waals surface area contributed by atoms with E-state index < -0.39 is 0 Å². The van der Waals surface area contributed by atoms with Gasteiger partial charge in [-0.2, -0.15) is 0 Å². The Morgan fingerprint density at radius 2 is 1.76 bits per heavy atom. The standard InChI is InChI=1S/C32H29NO4/c1-5-36-30-18-31-26(27(19-37-31)24-12-8-10-22-9-6-7-11-23(22)24)17-25(30)21(3)16-32(34)33-28-15-20(2)13-14-29(28)35-4/h6-19H,5H2,1-4H3,(H,33,34)/b21-16+. The minimum atomic E-state index is -0.245. The molecule has 4 aromatic carbocycles. The van der Waals surface area contributed by atoms with E-state index in [0.29, 0.717) is 23.8 Å². The van der Waals surface area contributed by atoms with Gasteiger partial charge in [0.15, 0.2) is 0 Å². The molecule has 0 aliphatic carbocycles. The van der Waals surface area contributed by atoms with Crippen molar-refractivity contribution in [3.63, 3.8) is 0 Å².